The van der Waals surface area contributed by atoms with Crippen LogP contribution in [0.3, 0.4) is 0 Å². The average molecular weight is 274 g/mol. The molecule has 1 aliphatic heterocycles. The zero-order chi connectivity index (χ0) is 13.9. The molecule has 0 radical (unpaired) electrons. The highest BCUT2D eigenvalue weighted by molar-refractivity contribution is 5.95. The van der Waals surface area contributed by atoms with Crippen LogP contribution >= 0.6 is 0 Å². The normalized spacial score (nSPS) is 13.1. The van der Waals surface area contributed by atoms with E-state index in [1.165, 1.54) is 0 Å². The number of hydrogen-bond acceptors (Lipinski definition) is 5. The summed E-state index contributed by atoms with van der Waals surface area (Å²) < 4.78 is 21.7. The zero-order valence-electron chi connectivity index (χ0n) is 11.0. The number of ether oxygens (including phenoxy) is 3. The third kappa shape index (κ3) is 2.11. The number of esters is 1. The van der Waals surface area contributed by atoms with Crippen molar-refractivity contribution in [1.29, 1.82) is 0 Å². The second-order valence-electron chi connectivity index (χ2n) is 4.21. The molecule has 20 heavy (non-hydrogen) atoms. The Morgan fingerprint density at radius 1 is 1.20 bits per heavy atom. The van der Waals surface area contributed by atoms with Crippen LogP contribution < -0.4 is 9.47 Å². The molecule has 0 atom stereocenters. The smallest absolute Gasteiger partial charge is 0.342 e. The van der Waals surface area contributed by atoms with Crippen molar-refractivity contribution in [2.24, 2.45) is 0 Å². The lowest BCUT2D eigenvalue weighted by molar-refractivity contribution is 0.0516. The lowest BCUT2D eigenvalue weighted by Crippen LogP contribution is -2.19. The fourth-order valence-corrected chi connectivity index (χ4v) is 2.13. The van der Waals surface area contributed by atoms with Gasteiger partial charge in [-0.15, -0.1) is 0 Å². The molecule has 104 valence electrons. The predicted molar refractivity (Wildman–Crippen MR) is 71.1 cm³/mol. The minimum Gasteiger partial charge on any atom is -0.485 e. The van der Waals surface area contributed by atoms with Gasteiger partial charge in [0.15, 0.2) is 11.5 Å². The number of benzene rings is 1. The molecule has 0 fully saturated rings. The Morgan fingerprint density at radius 2 is 2.00 bits per heavy atom. The van der Waals surface area contributed by atoms with Gasteiger partial charge in [0.2, 0.25) is 0 Å². The monoisotopic (exact) mass is 274 g/mol. The molecule has 0 saturated carbocycles. The van der Waals surface area contributed by atoms with Gasteiger partial charge in [0.25, 0.3) is 0 Å². The van der Waals surface area contributed by atoms with Crippen molar-refractivity contribution in [2.75, 3.05) is 19.8 Å². The standard InChI is InChI=1S/C15H14O5/c1-2-17-15(16)11-6-5-10(12-4-3-7-18-12)13-14(11)20-9-8-19-13/h3-7H,2,8-9H2,1H3. The molecule has 0 bridgehead atoms. The quantitative estimate of drug-likeness (QED) is 0.805. The summed E-state index contributed by atoms with van der Waals surface area (Å²) in [5.74, 6) is 1.20. The summed E-state index contributed by atoms with van der Waals surface area (Å²) in [6.45, 7) is 2.92. The molecule has 5 heteroatoms. The Hall–Kier alpha value is -2.43. The van der Waals surface area contributed by atoms with Crippen LogP contribution in [-0.2, 0) is 4.74 Å². The van der Waals surface area contributed by atoms with E-state index in [9.17, 15) is 4.79 Å². The largest absolute Gasteiger partial charge is 0.485 e. The topological polar surface area (TPSA) is 57.9 Å². The molecule has 1 aromatic carbocycles. The third-order valence-corrected chi connectivity index (χ3v) is 2.97. The van der Waals surface area contributed by atoms with Crippen molar-refractivity contribution in [3.8, 4) is 22.8 Å². The fraction of sp³-hybridized carbons (Fsp3) is 0.267. The van der Waals surface area contributed by atoms with Crippen LogP contribution in [0.15, 0.2) is 34.9 Å². The van der Waals surface area contributed by atoms with Gasteiger partial charge in [-0.2, -0.15) is 0 Å². The number of hydrogen-bond donors (Lipinski definition) is 0. The van der Waals surface area contributed by atoms with Crippen LogP contribution in [0, 0.1) is 0 Å². The minimum atomic E-state index is -0.416. The van der Waals surface area contributed by atoms with E-state index in [4.69, 9.17) is 18.6 Å². The van der Waals surface area contributed by atoms with Crippen LogP contribution in [0.4, 0.5) is 0 Å². The highest BCUT2D eigenvalue weighted by atomic mass is 16.6. The summed E-state index contributed by atoms with van der Waals surface area (Å²) in [7, 11) is 0. The Morgan fingerprint density at radius 3 is 2.70 bits per heavy atom. The first-order valence-electron chi connectivity index (χ1n) is 6.45. The van der Waals surface area contributed by atoms with Crippen LogP contribution in [-0.4, -0.2) is 25.8 Å². The van der Waals surface area contributed by atoms with Gasteiger partial charge in [-0.1, -0.05) is 0 Å². The van der Waals surface area contributed by atoms with E-state index in [1.54, 1.807) is 31.4 Å². The van der Waals surface area contributed by atoms with Crippen molar-refractivity contribution in [2.45, 2.75) is 6.92 Å². The van der Waals surface area contributed by atoms with E-state index >= 15 is 0 Å². The summed E-state index contributed by atoms with van der Waals surface area (Å²) in [4.78, 5) is 11.9. The molecule has 1 aromatic heterocycles. The molecular formula is C15H14O5. The van der Waals surface area contributed by atoms with Gasteiger partial charge >= 0.3 is 5.97 Å². The Labute approximate surface area is 116 Å². The van der Waals surface area contributed by atoms with E-state index in [0.717, 1.165) is 5.56 Å². The van der Waals surface area contributed by atoms with Crippen LogP contribution in [0.1, 0.15) is 17.3 Å². The number of furan rings is 1. The van der Waals surface area contributed by atoms with Gasteiger partial charge in [-0.3, -0.25) is 0 Å². The first-order chi connectivity index (χ1) is 9.81. The molecule has 0 aliphatic carbocycles. The number of fused-ring (bicyclic) bond motifs is 1. The first kappa shape index (κ1) is 12.6. The Balaban J connectivity index is 2.10. The molecule has 0 unspecified atom stereocenters. The molecule has 1 aliphatic rings. The molecule has 5 nitrogen and oxygen atoms in total. The van der Waals surface area contributed by atoms with Gasteiger partial charge in [-0.05, 0) is 31.2 Å². The number of rotatable bonds is 3. The minimum absolute atomic E-state index is 0.314. The summed E-state index contributed by atoms with van der Waals surface area (Å²) in [6.07, 6.45) is 1.59. The van der Waals surface area contributed by atoms with Crippen molar-refractivity contribution >= 4 is 5.97 Å². The fourth-order valence-electron chi connectivity index (χ4n) is 2.13. The van der Waals surface area contributed by atoms with E-state index < -0.39 is 5.97 Å². The summed E-state index contributed by atoms with van der Waals surface area (Å²) in [6, 6.07) is 7.07. The molecule has 0 saturated heterocycles. The van der Waals surface area contributed by atoms with Crippen molar-refractivity contribution in [3.05, 3.63) is 36.1 Å². The molecule has 0 N–H and O–H groups in total. The lowest BCUT2D eigenvalue weighted by atomic mass is 10.1. The second kappa shape index (κ2) is 5.28. The summed E-state index contributed by atoms with van der Waals surface area (Å²) >= 11 is 0. The van der Waals surface area contributed by atoms with Crippen LogP contribution in [0.25, 0.3) is 11.3 Å². The maximum atomic E-state index is 11.9. The molecule has 0 spiro atoms. The van der Waals surface area contributed by atoms with Gasteiger partial charge in [0.1, 0.15) is 24.5 Å². The van der Waals surface area contributed by atoms with E-state index in [1.807, 2.05) is 6.07 Å². The Bertz CT molecular complexity index is 615. The summed E-state index contributed by atoms with van der Waals surface area (Å²) in [5.41, 5.74) is 1.13. The van der Waals surface area contributed by atoms with Crippen molar-refractivity contribution in [1.82, 2.24) is 0 Å². The van der Waals surface area contributed by atoms with Gasteiger partial charge in [-0.25, -0.2) is 4.79 Å². The first-order valence-corrected chi connectivity index (χ1v) is 6.45. The predicted octanol–water partition coefficient (Wildman–Crippen LogP) is 2.89. The molecule has 2 heterocycles. The number of carbonyl (C=O) groups is 1. The van der Waals surface area contributed by atoms with Gasteiger partial charge in [0.05, 0.1) is 18.4 Å². The van der Waals surface area contributed by atoms with E-state index in [2.05, 4.69) is 0 Å². The van der Waals surface area contributed by atoms with Crippen molar-refractivity contribution < 1.29 is 23.4 Å². The molecule has 2 aromatic rings. The zero-order valence-corrected chi connectivity index (χ0v) is 11.0. The van der Waals surface area contributed by atoms with Crippen LogP contribution in [0.2, 0.25) is 0 Å². The molecule has 0 amide bonds. The van der Waals surface area contributed by atoms with Crippen molar-refractivity contribution in [3.63, 3.8) is 0 Å². The lowest BCUT2D eigenvalue weighted by Gasteiger charge is -2.22. The number of carbonyl (C=O) groups excluding carboxylic acids is 1. The third-order valence-electron chi connectivity index (χ3n) is 2.97. The van der Waals surface area contributed by atoms with Crippen LogP contribution in [0.5, 0.6) is 11.5 Å². The Kier molecular flexibility index (Phi) is 3.33. The molecular weight excluding hydrogens is 260 g/mol. The van der Waals surface area contributed by atoms with Gasteiger partial charge < -0.3 is 18.6 Å². The van der Waals surface area contributed by atoms with E-state index in [-0.39, 0.29) is 0 Å². The highest BCUT2D eigenvalue weighted by Crippen LogP contribution is 2.42. The van der Waals surface area contributed by atoms with E-state index in [0.29, 0.717) is 42.6 Å². The summed E-state index contributed by atoms with van der Waals surface area (Å²) in [5, 5.41) is 0. The average Bonchev–Trinajstić information content (AvgIpc) is 3.00. The molecule has 3 rings (SSSR count). The van der Waals surface area contributed by atoms with Gasteiger partial charge in [0, 0.05) is 0 Å². The SMILES string of the molecule is CCOC(=O)c1ccc(-c2ccco2)c2c1OCCO2. The maximum Gasteiger partial charge on any atom is 0.342 e. The second-order valence-corrected chi connectivity index (χ2v) is 4.21. The maximum absolute atomic E-state index is 11.9. The highest BCUT2D eigenvalue weighted by Gasteiger charge is 2.25.